The summed E-state index contributed by atoms with van der Waals surface area (Å²) in [4.78, 5) is 0. The molecule has 0 fully saturated rings. The number of hydrogen-bond acceptors (Lipinski definition) is 2. The van der Waals surface area contributed by atoms with Gasteiger partial charge in [0.25, 0.3) is 0 Å². The maximum absolute atomic E-state index is 14.2. The largest absolute Gasteiger partial charge is 0.429 e. The van der Waals surface area contributed by atoms with Crippen LogP contribution in [0.15, 0.2) is 175 Å². The summed E-state index contributed by atoms with van der Waals surface area (Å²) in [6, 6.07) is 22.2. The van der Waals surface area contributed by atoms with Crippen LogP contribution in [0.1, 0.15) is 30.9 Å². The van der Waals surface area contributed by atoms with Crippen molar-refractivity contribution in [1.29, 1.82) is 0 Å². The summed E-state index contributed by atoms with van der Waals surface area (Å²) < 4.78 is 91.5. The molecule has 0 saturated carbocycles. The number of benzene rings is 3. The third-order valence-electron chi connectivity index (χ3n) is 7.11. The van der Waals surface area contributed by atoms with Crippen molar-refractivity contribution in [2.75, 3.05) is 0 Å². The molecule has 1 aliphatic carbocycles. The van der Waals surface area contributed by atoms with Gasteiger partial charge in [0, 0.05) is 0 Å². The molecule has 0 amide bonds. The second-order valence-electron chi connectivity index (χ2n) is 10.9. The van der Waals surface area contributed by atoms with E-state index < -0.39 is 35.2 Å². The first kappa shape index (κ1) is 37.2. The fourth-order valence-electron chi connectivity index (χ4n) is 4.20. The lowest BCUT2D eigenvalue weighted by Gasteiger charge is -2.19. The number of halogens is 6. The minimum Gasteiger partial charge on any atom is -0.429 e. The molecule has 48 heavy (non-hydrogen) atoms. The zero-order valence-electron chi connectivity index (χ0n) is 26.7. The average Bonchev–Trinajstić information content (AvgIpc) is 3.07. The first-order chi connectivity index (χ1) is 22.6. The van der Waals surface area contributed by atoms with Crippen LogP contribution in [0.2, 0.25) is 0 Å². The molecule has 0 aliphatic heterocycles. The lowest BCUT2D eigenvalue weighted by molar-refractivity contribution is -0.185. The van der Waals surface area contributed by atoms with Crippen molar-refractivity contribution in [3.63, 3.8) is 0 Å². The molecule has 0 heterocycles. The molecule has 3 aromatic rings. The molecule has 0 spiro atoms. The van der Waals surface area contributed by atoms with Gasteiger partial charge < -0.3 is 9.47 Å². The average molecular weight is 663 g/mol. The van der Waals surface area contributed by atoms with E-state index in [0.717, 1.165) is 41.2 Å². The van der Waals surface area contributed by atoms with Gasteiger partial charge in [0.05, 0.1) is 11.1 Å². The lowest BCUT2D eigenvalue weighted by atomic mass is 9.94. The number of aryl methyl sites for hydroxylation is 1. The van der Waals surface area contributed by atoms with E-state index in [4.69, 9.17) is 4.74 Å². The Labute approximate surface area is 277 Å². The van der Waals surface area contributed by atoms with E-state index in [9.17, 15) is 26.3 Å². The Morgan fingerprint density at radius 3 is 1.88 bits per heavy atom. The van der Waals surface area contributed by atoms with Gasteiger partial charge in [-0.3, -0.25) is 0 Å². The summed E-state index contributed by atoms with van der Waals surface area (Å²) in [6.07, 6.45) is 1.05. The molecule has 0 saturated heterocycles. The van der Waals surface area contributed by atoms with Crippen molar-refractivity contribution >= 4 is 0 Å². The molecule has 1 aliphatic rings. The summed E-state index contributed by atoms with van der Waals surface area (Å²) in [7, 11) is 0. The summed E-state index contributed by atoms with van der Waals surface area (Å²) in [6.45, 7) is 17.0. The quantitative estimate of drug-likeness (QED) is 0.109. The van der Waals surface area contributed by atoms with E-state index in [2.05, 4.69) is 31.1 Å². The molecule has 3 aromatic carbocycles. The standard InChI is InChI=1S/C20H20F4O.C20H16F2O/c1-6-18(21)19(22)16(5)25-20(23,24)15(4)10-9-14(3)17-11-7-13(2)8-12-17;1-15-7-9-16(10-8-15)17-11-13-18(14-12-17)20(21,22)23-19-5-3-2-4-6-19/h6-7,9-11H,1,3-5,8,12H2,2H3;2-14H,1H3/b10-9-,19-18-;. The first-order valence-electron chi connectivity index (χ1n) is 14.8. The highest BCUT2D eigenvalue weighted by molar-refractivity contribution is 5.64. The van der Waals surface area contributed by atoms with Crippen molar-refractivity contribution in [2.24, 2.45) is 0 Å². The van der Waals surface area contributed by atoms with E-state index in [-0.39, 0.29) is 11.3 Å². The van der Waals surface area contributed by atoms with Crippen molar-refractivity contribution in [1.82, 2.24) is 0 Å². The zero-order valence-corrected chi connectivity index (χ0v) is 26.7. The van der Waals surface area contributed by atoms with E-state index in [1.807, 2.05) is 50.3 Å². The number of alkyl halides is 4. The molecule has 0 unspecified atom stereocenters. The van der Waals surface area contributed by atoms with Gasteiger partial charge in [0.1, 0.15) is 5.75 Å². The van der Waals surface area contributed by atoms with Gasteiger partial charge in [-0.1, -0.05) is 110 Å². The maximum atomic E-state index is 14.2. The van der Waals surface area contributed by atoms with Crippen LogP contribution in [0, 0.1) is 6.92 Å². The predicted octanol–water partition coefficient (Wildman–Crippen LogP) is 12.6. The fraction of sp³-hybridized carbons (Fsp3) is 0.150. The third-order valence-corrected chi connectivity index (χ3v) is 7.11. The Hall–Kier alpha value is -5.24. The number of rotatable bonds is 12. The van der Waals surface area contributed by atoms with Crippen molar-refractivity contribution in [2.45, 2.75) is 38.9 Å². The van der Waals surface area contributed by atoms with Crippen LogP contribution in [-0.2, 0) is 10.8 Å². The molecule has 0 aromatic heterocycles. The van der Waals surface area contributed by atoms with Gasteiger partial charge in [-0.2, -0.15) is 22.0 Å². The van der Waals surface area contributed by atoms with Crippen LogP contribution in [0.25, 0.3) is 11.1 Å². The van der Waals surface area contributed by atoms with Gasteiger partial charge >= 0.3 is 12.2 Å². The highest BCUT2D eigenvalue weighted by atomic mass is 19.3. The Kier molecular flexibility index (Phi) is 12.8. The molecule has 2 nitrogen and oxygen atoms in total. The molecular formula is C40H36F6O2. The number of hydrogen-bond donors (Lipinski definition) is 0. The summed E-state index contributed by atoms with van der Waals surface area (Å²) in [5, 5.41) is 0. The van der Waals surface area contributed by atoms with E-state index in [0.29, 0.717) is 11.6 Å². The molecular weight excluding hydrogens is 626 g/mol. The van der Waals surface area contributed by atoms with Gasteiger partial charge in [0.2, 0.25) is 0 Å². The highest BCUT2D eigenvalue weighted by Crippen LogP contribution is 2.34. The van der Waals surface area contributed by atoms with Crippen LogP contribution in [-0.4, -0.2) is 6.11 Å². The van der Waals surface area contributed by atoms with E-state index >= 15 is 0 Å². The predicted molar refractivity (Wildman–Crippen MR) is 181 cm³/mol. The molecule has 0 bridgehead atoms. The molecule has 4 rings (SSSR count). The monoisotopic (exact) mass is 662 g/mol. The first-order valence-corrected chi connectivity index (χ1v) is 14.8. The van der Waals surface area contributed by atoms with Crippen LogP contribution in [0.4, 0.5) is 26.3 Å². The fourth-order valence-corrected chi connectivity index (χ4v) is 4.20. The minimum absolute atomic E-state index is 0.139. The van der Waals surface area contributed by atoms with Crippen LogP contribution < -0.4 is 4.74 Å². The molecule has 0 N–H and O–H groups in total. The second kappa shape index (κ2) is 16.5. The molecule has 0 radical (unpaired) electrons. The van der Waals surface area contributed by atoms with Gasteiger partial charge in [-0.05, 0) is 85.4 Å². The lowest BCUT2D eigenvalue weighted by Crippen LogP contribution is -2.22. The van der Waals surface area contributed by atoms with E-state index in [1.54, 1.807) is 30.3 Å². The third kappa shape index (κ3) is 10.7. The minimum atomic E-state index is -3.95. The summed E-state index contributed by atoms with van der Waals surface area (Å²) >= 11 is 0. The molecule has 8 heteroatoms. The number of para-hydroxylation sites is 1. The zero-order chi connectivity index (χ0) is 35.5. The normalized spacial score (nSPS) is 13.7. The second-order valence-corrected chi connectivity index (χ2v) is 10.9. The topological polar surface area (TPSA) is 18.5 Å². The summed E-state index contributed by atoms with van der Waals surface area (Å²) in [5.41, 5.74) is 4.84. The van der Waals surface area contributed by atoms with Crippen molar-refractivity contribution in [3.05, 3.63) is 186 Å². The molecule has 0 atom stereocenters. The van der Waals surface area contributed by atoms with Crippen LogP contribution in [0.5, 0.6) is 5.75 Å². The van der Waals surface area contributed by atoms with Gasteiger partial charge in [-0.15, -0.1) is 0 Å². The van der Waals surface area contributed by atoms with Crippen molar-refractivity contribution in [3.8, 4) is 16.9 Å². The maximum Gasteiger partial charge on any atom is 0.426 e. The van der Waals surface area contributed by atoms with Crippen LogP contribution >= 0.6 is 0 Å². The highest BCUT2D eigenvalue weighted by Gasteiger charge is 2.36. The van der Waals surface area contributed by atoms with Gasteiger partial charge in [-0.25, -0.2) is 4.39 Å². The van der Waals surface area contributed by atoms with Crippen LogP contribution in [0.3, 0.4) is 0 Å². The Morgan fingerprint density at radius 1 is 0.750 bits per heavy atom. The van der Waals surface area contributed by atoms with Gasteiger partial charge in [0.15, 0.2) is 17.4 Å². The Balaban J connectivity index is 0.000000261. The van der Waals surface area contributed by atoms with Crippen molar-refractivity contribution < 1.29 is 35.8 Å². The Bertz CT molecular complexity index is 1740. The number of allylic oxidation sites excluding steroid dienone is 9. The Morgan fingerprint density at radius 2 is 1.33 bits per heavy atom. The SMILES string of the molecule is C=C/C(F)=C(/F)C(=C)OC(F)(F)C(=C)/C=C\C(=C)C1=CC=C(C)CC1.Cc1ccc(-c2ccc(C(F)(F)Oc3ccccc3)cc2)cc1. The smallest absolute Gasteiger partial charge is 0.426 e. The number of ether oxygens (including phenoxy) is 2. The summed E-state index contributed by atoms with van der Waals surface area (Å²) in [5.74, 6) is -4.10. The van der Waals surface area contributed by atoms with E-state index in [1.165, 1.54) is 35.9 Å². The molecule has 250 valence electrons.